The quantitative estimate of drug-likeness (QED) is 0.723. The van der Waals surface area contributed by atoms with E-state index in [1.54, 1.807) is 0 Å². The van der Waals surface area contributed by atoms with Gasteiger partial charge in [0.05, 0.1) is 32.8 Å². The van der Waals surface area contributed by atoms with Crippen LogP contribution in [0.5, 0.6) is 0 Å². The number of aromatic nitrogens is 2. The zero-order valence-corrected chi connectivity index (χ0v) is 6.47. The molecule has 0 unspecified atom stereocenters. The van der Waals surface area contributed by atoms with Gasteiger partial charge >= 0.3 is 0 Å². The van der Waals surface area contributed by atoms with Gasteiger partial charge in [-0.1, -0.05) is 6.04 Å². The molecule has 3 heteroatoms. The van der Waals surface area contributed by atoms with Gasteiger partial charge in [0, 0.05) is 6.17 Å². The number of rotatable bonds is 1. The summed E-state index contributed by atoms with van der Waals surface area (Å²) >= 11 is 0. The first-order chi connectivity index (χ1) is 9.25. The Morgan fingerprint density at radius 2 is 1.92 bits per heavy atom. The molecule has 2 rings (SSSR count). The van der Waals surface area contributed by atoms with E-state index in [4.69, 9.17) is 15.3 Å². The lowest BCUT2D eigenvalue weighted by molar-refractivity contribution is 1.25. The summed E-state index contributed by atoms with van der Waals surface area (Å²) in [6.45, 7) is 0. The highest BCUT2D eigenvalue weighted by Crippen LogP contribution is 2.13. The predicted octanol–water partition coefficient (Wildman–Crippen LogP) is 1.73. The summed E-state index contributed by atoms with van der Waals surface area (Å²) in [5.41, 5.74) is 4.62. The lowest BCUT2D eigenvalue weighted by atomic mass is 10.2. The van der Waals surface area contributed by atoms with Crippen LogP contribution in [-0.2, 0) is 0 Å². The topological polar surface area (TPSA) is 51.8 Å². The number of nitrogens with two attached hydrogens (primary N) is 1. The monoisotopic (exact) mass is 178 g/mol. The second kappa shape index (κ2) is 3.23. The number of nitrogen functional groups attached to an aromatic ring is 1. The van der Waals surface area contributed by atoms with E-state index in [2.05, 4.69) is 9.97 Å². The molecule has 3 nitrogen and oxygen atoms in total. The maximum Gasteiger partial charge on any atom is 0.0887 e. The van der Waals surface area contributed by atoms with Gasteiger partial charge in [-0.2, -0.15) is 0 Å². The van der Waals surface area contributed by atoms with Crippen molar-refractivity contribution in [2.45, 2.75) is 0 Å². The second-order valence-corrected chi connectivity index (χ2v) is 2.18. The van der Waals surface area contributed by atoms with Crippen LogP contribution in [0.1, 0.15) is 9.60 Å². The Bertz CT molecular complexity index is 655. The minimum atomic E-state index is -0.530. The van der Waals surface area contributed by atoms with Crippen molar-refractivity contribution >= 4 is 5.69 Å². The normalized spacial score (nSPS) is 17.4. The summed E-state index contributed by atoms with van der Waals surface area (Å²) in [6, 6.07) is -2.35. The molecule has 0 atom stereocenters. The van der Waals surface area contributed by atoms with Gasteiger partial charge in [-0.3, -0.25) is 9.97 Å². The largest absolute Gasteiger partial charge is 0.397 e. The van der Waals surface area contributed by atoms with Crippen LogP contribution >= 0.6 is 0 Å². The first-order valence-corrected chi connectivity index (χ1v) is 3.43. The first kappa shape index (κ1) is 3.10. The van der Waals surface area contributed by atoms with Crippen molar-refractivity contribution in [3.8, 4) is 11.4 Å². The minimum Gasteiger partial charge on any atom is -0.397 e. The number of pyridine rings is 2. The van der Waals surface area contributed by atoms with Crippen LogP contribution in [0.2, 0.25) is 0 Å². The van der Waals surface area contributed by atoms with Gasteiger partial charge in [0.25, 0.3) is 0 Å². The van der Waals surface area contributed by atoms with E-state index in [9.17, 15) is 0 Å². The molecule has 0 radical (unpaired) electrons. The molecule has 64 valence electrons. The van der Waals surface area contributed by atoms with Crippen molar-refractivity contribution in [2.24, 2.45) is 0 Å². The molecule has 0 aromatic carbocycles. The van der Waals surface area contributed by atoms with E-state index in [0.717, 1.165) is 0 Å². The standard InChI is InChI=1S/C10H9N3/c11-8-4-5-10(13-7-8)9-3-1-2-6-12-9/h1-7H,11H2/i1D,2D,3D,4D,5D,6D,7D. The third kappa shape index (κ3) is 1.64. The van der Waals surface area contributed by atoms with Crippen molar-refractivity contribution in [1.29, 1.82) is 0 Å². The van der Waals surface area contributed by atoms with E-state index in [0.29, 0.717) is 0 Å². The fourth-order valence-corrected chi connectivity index (χ4v) is 0.753. The van der Waals surface area contributed by atoms with Gasteiger partial charge in [0.15, 0.2) is 0 Å². The van der Waals surface area contributed by atoms with E-state index in [1.165, 1.54) is 0 Å². The molecule has 0 aliphatic carbocycles. The van der Waals surface area contributed by atoms with Crippen LogP contribution in [0.15, 0.2) is 42.6 Å². The van der Waals surface area contributed by atoms with Crippen LogP contribution in [0.25, 0.3) is 11.4 Å². The summed E-state index contributed by atoms with van der Waals surface area (Å²) < 4.78 is 53.0. The Balaban J connectivity index is 2.83. The average Bonchev–Trinajstić information content (AvgIpc) is 2.42. The zero-order valence-electron chi connectivity index (χ0n) is 13.5. The Hall–Kier alpha value is -1.90. The lowest BCUT2D eigenvalue weighted by Crippen LogP contribution is -1.89. The molecule has 0 spiro atoms. The molecule has 2 aromatic rings. The molecule has 2 aromatic heterocycles. The third-order valence-electron chi connectivity index (χ3n) is 1.30. The van der Waals surface area contributed by atoms with Crippen molar-refractivity contribution < 1.29 is 9.60 Å². The van der Waals surface area contributed by atoms with Crippen LogP contribution in [0.4, 0.5) is 5.69 Å². The van der Waals surface area contributed by atoms with E-state index in [-0.39, 0.29) is 17.1 Å². The summed E-state index contributed by atoms with van der Waals surface area (Å²) in [5, 5.41) is 0. The van der Waals surface area contributed by atoms with Crippen LogP contribution in [0, 0.1) is 0 Å². The molecule has 2 heterocycles. The minimum absolute atomic E-state index is 0.263. The van der Waals surface area contributed by atoms with Gasteiger partial charge in [0.2, 0.25) is 0 Å². The Labute approximate surface area is 86.1 Å². The molecular weight excluding hydrogens is 162 g/mol. The molecule has 0 saturated heterocycles. The van der Waals surface area contributed by atoms with Crippen LogP contribution in [0.3, 0.4) is 0 Å². The van der Waals surface area contributed by atoms with E-state index in [1.807, 2.05) is 0 Å². The number of hydrogen-bond donors (Lipinski definition) is 1. The summed E-state index contributed by atoms with van der Waals surface area (Å²) in [6.07, 6.45) is -0.965. The van der Waals surface area contributed by atoms with E-state index < -0.39 is 42.6 Å². The predicted molar refractivity (Wildman–Crippen MR) is 51.9 cm³/mol. The second-order valence-electron chi connectivity index (χ2n) is 2.18. The van der Waals surface area contributed by atoms with E-state index >= 15 is 0 Å². The Morgan fingerprint density at radius 1 is 1.08 bits per heavy atom. The Morgan fingerprint density at radius 3 is 2.85 bits per heavy atom. The zero-order chi connectivity index (χ0) is 15.2. The number of nitrogens with zero attached hydrogens (tertiary/aromatic N) is 2. The highest BCUT2D eigenvalue weighted by Gasteiger charge is 1.97. The molecule has 0 aliphatic rings. The van der Waals surface area contributed by atoms with Crippen LogP contribution in [-0.4, -0.2) is 9.97 Å². The van der Waals surface area contributed by atoms with Gasteiger partial charge in [-0.15, -0.1) is 0 Å². The first-order valence-electron chi connectivity index (χ1n) is 6.93. The molecule has 0 aliphatic heterocycles. The maximum absolute atomic E-state index is 7.76. The number of anilines is 1. The molecular formula is C10H9N3. The number of hydrogen-bond acceptors (Lipinski definition) is 3. The fourth-order valence-electron chi connectivity index (χ4n) is 0.753. The van der Waals surface area contributed by atoms with Crippen molar-refractivity contribution in [1.82, 2.24) is 9.97 Å². The van der Waals surface area contributed by atoms with Crippen molar-refractivity contribution in [3.63, 3.8) is 0 Å². The molecule has 2 N–H and O–H groups in total. The molecule has 0 bridgehead atoms. The lowest BCUT2D eigenvalue weighted by Gasteiger charge is -1.98. The smallest absolute Gasteiger partial charge is 0.0887 e. The van der Waals surface area contributed by atoms with Gasteiger partial charge < -0.3 is 5.73 Å². The third-order valence-corrected chi connectivity index (χ3v) is 1.30. The highest BCUT2D eigenvalue weighted by atomic mass is 14.8. The maximum atomic E-state index is 7.76. The molecule has 0 saturated carbocycles. The summed E-state index contributed by atoms with van der Waals surface area (Å²) in [4.78, 5) is 7.36. The average molecular weight is 178 g/mol. The fraction of sp³-hybridized carbons (Fsp3) is 0. The SMILES string of the molecule is [2H]c1nc(-c2nc([2H])c(N)c([2H])c2[2H])c([2H])c([2H])c1[2H]. The molecule has 13 heavy (non-hydrogen) atoms. The molecule has 0 fully saturated rings. The van der Waals surface area contributed by atoms with Gasteiger partial charge in [-0.05, 0) is 24.2 Å². The molecule has 0 amide bonds. The van der Waals surface area contributed by atoms with Crippen molar-refractivity contribution in [2.75, 3.05) is 5.73 Å². The van der Waals surface area contributed by atoms with Gasteiger partial charge in [0.1, 0.15) is 0 Å². The summed E-state index contributed by atoms with van der Waals surface area (Å²) in [7, 11) is 0. The van der Waals surface area contributed by atoms with Crippen molar-refractivity contribution in [3.05, 3.63) is 42.6 Å². The van der Waals surface area contributed by atoms with Crippen LogP contribution < -0.4 is 5.73 Å². The summed E-state index contributed by atoms with van der Waals surface area (Å²) in [5.74, 6) is 0. The Kier molecular flexibility index (Phi) is 0.770. The highest BCUT2D eigenvalue weighted by molar-refractivity contribution is 5.55. The van der Waals surface area contributed by atoms with Gasteiger partial charge in [-0.25, -0.2) is 0 Å².